The largest absolute Gasteiger partial charge is 0.318 e. The Bertz CT molecular complexity index is 1110. The van der Waals surface area contributed by atoms with Crippen molar-refractivity contribution in [3.8, 4) is 0 Å². The standard InChI is InChI=1S/C19H18BrN7O/c1-14-4-2-3-5-15(14)10-26-12-17(9-22-26)23-19(28)18-6-7-25(24-18)13-27-11-16(20)8-21-27/h2-9,11-12H,10,13H2,1H3,(H,23,28). The van der Waals surface area contributed by atoms with Crippen LogP contribution in [0.5, 0.6) is 0 Å². The van der Waals surface area contributed by atoms with E-state index >= 15 is 0 Å². The molecule has 0 fully saturated rings. The number of amides is 1. The fraction of sp³-hybridized carbons (Fsp3) is 0.158. The molecule has 4 rings (SSSR count). The third-order valence-corrected chi connectivity index (χ3v) is 4.66. The molecule has 0 bridgehead atoms. The molecule has 1 amide bonds. The van der Waals surface area contributed by atoms with Gasteiger partial charge in [0.2, 0.25) is 0 Å². The highest BCUT2D eigenvalue weighted by Gasteiger charge is 2.12. The summed E-state index contributed by atoms with van der Waals surface area (Å²) in [5.41, 5.74) is 3.35. The van der Waals surface area contributed by atoms with Crippen molar-refractivity contribution >= 4 is 27.5 Å². The van der Waals surface area contributed by atoms with Crippen LogP contribution in [-0.4, -0.2) is 35.2 Å². The van der Waals surface area contributed by atoms with E-state index in [1.165, 1.54) is 11.1 Å². The van der Waals surface area contributed by atoms with Crippen molar-refractivity contribution in [3.63, 3.8) is 0 Å². The lowest BCUT2D eigenvalue weighted by molar-refractivity contribution is 0.102. The van der Waals surface area contributed by atoms with E-state index in [1.54, 1.807) is 38.7 Å². The van der Waals surface area contributed by atoms with Crippen LogP contribution >= 0.6 is 15.9 Å². The van der Waals surface area contributed by atoms with E-state index < -0.39 is 0 Å². The van der Waals surface area contributed by atoms with E-state index in [0.29, 0.717) is 24.6 Å². The summed E-state index contributed by atoms with van der Waals surface area (Å²) in [6.07, 6.45) is 8.72. The summed E-state index contributed by atoms with van der Waals surface area (Å²) in [6.45, 7) is 3.14. The fourth-order valence-electron chi connectivity index (χ4n) is 2.80. The van der Waals surface area contributed by atoms with Crippen molar-refractivity contribution in [2.45, 2.75) is 20.1 Å². The van der Waals surface area contributed by atoms with Gasteiger partial charge in [0.15, 0.2) is 5.69 Å². The lowest BCUT2D eigenvalue weighted by Crippen LogP contribution is -2.14. The van der Waals surface area contributed by atoms with Crippen LogP contribution in [0, 0.1) is 6.92 Å². The number of carbonyl (C=O) groups excluding carboxylic acids is 1. The number of aryl methyl sites for hydroxylation is 1. The molecule has 0 spiro atoms. The Hall–Kier alpha value is -3.20. The number of hydrogen-bond donors (Lipinski definition) is 1. The van der Waals surface area contributed by atoms with Gasteiger partial charge in [0.05, 0.1) is 29.1 Å². The molecule has 3 aromatic heterocycles. The SMILES string of the molecule is Cc1ccccc1Cn1cc(NC(=O)c2ccn(Cn3cc(Br)cn3)n2)cn1. The number of hydrogen-bond acceptors (Lipinski definition) is 4. The monoisotopic (exact) mass is 439 g/mol. The Kier molecular flexibility index (Phi) is 5.07. The molecule has 0 radical (unpaired) electrons. The molecule has 1 N–H and O–H groups in total. The van der Waals surface area contributed by atoms with E-state index in [9.17, 15) is 4.79 Å². The van der Waals surface area contributed by atoms with Gasteiger partial charge in [-0.15, -0.1) is 0 Å². The quantitative estimate of drug-likeness (QED) is 0.500. The normalized spacial score (nSPS) is 10.9. The van der Waals surface area contributed by atoms with Gasteiger partial charge < -0.3 is 5.32 Å². The van der Waals surface area contributed by atoms with E-state index in [-0.39, 0.29) is 5.91 Å². The first-order chi connectivity index (χ1) is 13.6. The molecule has 0 saturated heterocycles. The molecule has 1 aromatic carbocycles. The van der Waals surface area contributed by atoms with E-state index in [0.717, 1.165) is 4.47 Å². The van der Waals surface area contributed by atoms with Crippen molar-refractivity contribution < 1.29 is 4.79 Å². The second-order valence-electron chi connectivity index (χ2n) is 6.39. The summed E-state index contributed by atoms with van der Waals surface area (Å²) in [6, 6.07) is 9.83. The number of benzene rings is 1. The molecule has 0 atom stereocenters. The smallest absolute Gasteiger partial charge is 0.276 e. The van der Waals surface area contributed by atoms with Gasteiger partial charge in [-0.25, -0.2) is 4.68 Å². The van der Waals surface area contributed by atoms with E-state index in [4.69, 9.17) is 0 Å². The van der Waals surface area contributed by atoms with Crippen LogP contribution in [0.1, 0.15) is 21.6 Å². The van der Waals surface area contributed by atoms with Crippen LogP contribution in [-0.2, 0) is 13.2 Å². The molecule has 28 heavy (non-hydrogen) atoms. The number of nitrogens with one attached hydrogen (secondary N) is 1. The van der Waals surface area contributed by atoms with Gasteiger partial charge in [-0.1, -0.05) is 24.3 Å². The van der Waals surface area contributed by atoms with Crippen LogP contribution in [0.4, 0.5) is 5.69 Å². The molecule has 0 unspecified atom stereocenters. The van der Waals surface area contributed by atoms with Gasteiger partial charge >= 0.3 is 0 Å². The summed E-state index contributed by atoms with van der Waals surface area (Å²) >= 11 is 3.35. The molecule has 9 heteroatoms. The number of carbonyl (C=O) groups is 1. The lowest BCUT2D eigenvalue weighted by Gasteiger charge is -2.05. The minimum atomic E-state index is -0.282. The van der Waals surface area contributed by atoms with Crippen molar-refractivity contribution in [1.29, 1.82) is 0 Å². The Morgan fingerprint density at radius 1 is 1.07 bits per heavy atom. The Balaban J connectivity index is 1.39. The second-order valence-corrected chi connectivity index (χ2v) is 7.30. The first-order valence-electron chi connectivity index (χ1n) is 8.66. The van der Waals surface area contributed by atoms with Gasteiger partial charge in [-0.05, 0) is 40.0 Å². The van der Waals surface area contributed by atoms with Gasteiger partial charge in [-0.2, -0.15) is 15.3 Å². The molecule has 3 heterocycles. The second kappa shape index (κ2) is 7.81. The first kappa shape index (κ1) is 18.2. The summed E-state index contributed by atoms with van der Waals surface area (Å²) < 4.78 is 6.05. The molecule has 0 aliphatic carbocycles. The van der Waals surface area contributed by atoms with Gasteiger partial charge in [0, 0.05) is 18.6 Å². The van der Waals surface area contributed by atoms with E-state index in [2.05, 4.69) is 55.6 Å². The fourth-order valence-corrected chi connectivity index (χ4v) is 3.13. The third-order valence-electron chi connectivity index (χ3n) is 4.25. The number of aromatic nitrogens is 6. The molecule has 4 aromatic rings. The maximum atomic E-state index is 12.5. The summed E-state index contributed by atoms with van der Waals surface area (Å²) in [7, 11) is 0. The van der Waals surface area contributed by atoms with Gasteiger partial charge in [0.25, 0.3) is 5.91 Å². The van der Waals surface area contributed by atoms with Crippen molar-refractivity contribution in [2.24, 2.45) is 0 Å². The number of nitrogens with zero attached hydrogens (tertiary/aromatic N) is 6. The number of rotatable bonds is 6. The number of anilines is 1. The topological polar surface area (TPSA) is 82.6 Å². The third kappa shape index (κ3) is 4.20. The zero-order valence-corrected chi connectivity index (χ0v) is 16.7. The molecule has 0 saturated carbocycles. The predicted molar refractivity (Wildman–Crippen MR) is 108 cm³/mol. The molecule has 142 valence electrons. The molecule has 0 aliphatic heterocycles. The minimum Gasteiger partial charge on any atom is -0.318 e. The zero-order valence-electron chi connectivity index (χ0n) is 15.2. The first-order valence-corrected chi connectivity index (χ1v) is 9.46. The Labute approximate surface area is 169 Å². The number of halogens is 1. The van der Waals surface area contributed by atoms with Crippen molar-refractivity contribution in [2.75, 3.05) is 5.32 Å². The zero-order chi connectivity index (χ0) is 19.5. The molecular formula is C19H18BrN7O. The summed E-state index contributed by atoms with van der Waals surface area (Å²) in [4.78, 5) is 12.5. The summed E-state index contributed by atoms with van der Waals surface area (Å²) in [5.74, 6) is -0.282. The van der Waals surface area contributed by atoms with Crippen LogP contribution in [0.25, 0.3) is 0 Å². The Morgan fingerprint density at radius 3 is 2.68 bits per heavy atom. The molecular weight excluding hydrogens is 422 g/mol. The highest BCUT2D eigenvalue weighted by Crippen LogP contribution is 2.12. The maximum Gasteiger partial charge on any atom is 0.276 e. The predicted octanol–water partition coefficient (Wildman–Crippen LogP) is 3.15. The minimum absolute atomic E-state index is 0.282. The Morgan fingerprint density at radius 2 is 1.89 bits per heavy atom. The van der Waals surface area contributed by atoms with Crippen LogP contribution in [0.15, 0.2) is 65.8 Å². The van der Waals surface area contributed by atoms with Gasteiger partial charge in [0.1, 0.15) is 6.67 Å². The van der Waals surface area contributed by atoms with Crippen LogP contribution < -0.4 is 5.32 Å². The van der Waals surface area contributed by atoms with Crippen LogP contribution in [0.2, 0.25) is 0 Å². The molecule has 0 aliphatic rings. The highest BCUT2D eigenvalue weighted by atomic mass is 79.9. The average Bonchev–Trinajstić information content (AvgIpc) is 3.40. The van der Waals surface area contributed by atoms with E-state index in [1.807, 2.05) is 24.5 Å². The van der Waals surface area contributed by atoms with Gasteiger partial charge in [-0.3, -0.25) is 14.2 Å². The summed E-state index contributed by atoms with van der Waals surface area (Å²) in [5, 5.41) is 15.6. The van der Waals surface area contributed by atoms with Crippen LogP contribution in [0.3, 0.4) is 0 Å². The highest BCUT2D eigenvalue weighted by molar-refractivity contribution is 9.10. The van der Waals surface area contributed by atoms with Crippen molar-refractivity contribution in [3.05, 3.63) is 82.6 Å². The average molecular weight is 440 g/mol. The maximum absolute atomic E-state index is 12.5. The van der Waals surface area contributed by atoms with Crippen molar-refractivity contribution in [1.82, 2.24) is 29.3 Å². The lowest BCUT2D eigenvalue weighted by atomic mass is 10.1. The molecule has 8 nitrogen and oxygen atoms in total.